The molecule has 0 saturated carbocycles. The summed E-state index contributed by atoms with van der Waals surface area (Å²) >= 11 is 1.41. The molecule has 0 aliphatic heterocycles. The molecule has 1 atom stereocenters. The first-order valence-electron chi connectivity index (χ1n) is 10.1. The fourth-order valence-electron chi connectivity index (χ4n) is 3.23. The summed E-state index contributed by atoms with van der Waals surface area (Å²) in [6.07, 6.45) is 1.40. The molecule has 32 heavy (non-hydrogen) atoms. The van der Waals surface area contributed by atoms with Gasteiger partial charge in [-0.1, -0.05) is 30.3 Å². The zero-order valence-corrected chi connectivity index (χ0v) is 18.9. The smallest absolute Gasteiger partial charge is 0.320 e. The highest BCUT2D eigenvalue weighted by Crippen LogP contribution is 2.31. The van der Waals surface area contributed by atoms with Gasteiger partial charge in [0.25, 0.3) is 5.56 Å². The summed E-state index contributed by atoms with van der Waals surface area (Å²) in [5.74, 6) is -0.755. The molecular weight excluding hydrogens is 430 g/mol. The molecular formula is C23H25N3O5S. The standard InChI is InChI=1S/C23H25N3O5S/c1-4-31-19(27)11-17(18-10-16(13-32-18)15-8-6-5-7-9-15)24-23(30)25-20-21(28)14(2)12-26(3)22(20)29/h5-10,12-13,17,28H,4,11H2,1-3H3,(H2,24,25,30)/t17-/m0/s1. The number of carbonyl (C=O) groups is 2. The van der Waals surface area contributed by atoms with E-state index in [4.69, 9.17) is 4.74 Å². The number of anilines is 1. The van der Waals surface area contributed by atoms with Gasteiger partial charge in [0, 0.05) is 23.7 Å². The molecule has 0 saturated heterocycles. The zero-order chi connectivity index (χ0) is 23.3. The van der Waals surface area contributed by atoms with Gasteiger partial charge in [-0.05, 0) is 36.4 Å². The van der Waals surface area contributed by atoms with Gasteiger partial charge < -0.3 is 25.0 Å². The molecule has 3 rings (SSSR count). The van der Waals surface area contributed by atoms with Crippen molar-refractivity contribution < 1.29 is 19.4 Å². The first-order valence-corrected chi connectivity index (χ1v) is 10.9. The first kappa shape index (κ1) is 23.1. The van der Waals surface area contributed by atoms with Crippen LogP contribution in [0.3, 0.4) is 0 Å². The van der Waals surface area contributed by atoms with Crippen LogP contribution >= 0.6 is 11.3 Å². The van der Waals surface area contributed by atoms with Crippen LogP contribution in [0.1, 0.15) is 29.8 Å². The van der Waals surface area contributed by atoms with Crippen molar-refractivity contribution in [2.24, 2.45) is 7.05 Å². The van der Waals surface area contributed by atoms with Gasteiger partial charge in [-0.15, -0.1) is 11.3 Å². The Kier molecular flexibility index (Phi) is 7.32. The molecule has 2 heterocycles. The van der Waals surface area contributed by atoms with Gasteiger partial charge in [0.2, 0.25) is 0 Å². The Morgan fingerprint density at radius 1 is 1.22 bits per heavy atom. The number of amides is 2. The number of benzene rings is 1. The number of nitrogens with one attached hydrogen (secondary N) is 2. The van der Waals surface area contributed by atoms with E-state index in [-0.39, 0.29) is 24.5 Å². The Morgan fingerprint density at radius 2 is 1.94 bits per heavy atom. The number of hydrogen-bond donors (Lipinski definition) is 3. The maximum absolute atomic E-state index is 12.7. The Labute approximate surface area is 189 Å². The summed E-state index contributed by atoms with van der Waals surface area (Å²) in [5, 5.41) is 17.3. The summed E-state index contributed by atoms with van der Waals surface area (Å²) in [7, 11) is 1.53. The number of ether oxygens (including phenoxy) is 1. The molecule has 8 nitrogen and oxygen atoms in total. The van der Waals surface area contributed by atoms with Crippen molar-refractivity contribution in [1.82, 2.24) is 9.88 Å². The van der Waals surface area contributed by atoms with Gasteiger partial charge in [-0.25, -0.2) is 4.79 Å². The Morgan fingerprint density at radius 3 is 2.62 bits per heavy atom. The first-order chi connectivity index (χ1) is 15.3. The highest BCUT2D eigenvalue weighted by Gasteiger charge is 2.23. The lowest BCUT2D eigenvalue weighted by Gasteiger charge is -2.18. The van der Waals surface area contributed by atoms with Gasteiger partial charge >= 0.3 is 12.0 Å². The van der Waals surface area contributed by atoms with Gasteiger partial charge in [0.05, 0.1) is 19.1 Å². The number of nitrogens with zero attached hydrogens (tertiary/aromatic N) is 1. The number of aryl methyl sites for hydroxylation is 2. The van der Waals surface area contributed by atoms with Crippen molar-refractivity contribution in [3.63, 3.8) is 0 Å². The van der Waals surface area contributed by atoms with E-state index in [1.807, 2.05) is 41.8 Å². The number of aromatic hydroxyl groups is 1. The molecule has 0 radical (unpaired) electrons. The van der Waals surface area contributed by atoms with Gasteiger partial charge in [0.1, 0.15) is 5.75 Å². The van der Waals surface area contributed by atoms with E-state index in [1.165, 1.54) is 29.1 Å². The molecule has 1 aromatic carbocycles. The minimum absolute atomic E-state index is 0.0756. The lowest BCUT2D eigenvalue weighted by molar-refractivity contribution is -0.143. The van der Waals surface area contributed by atoms with Crippen LogP contribution in [0.5, 0.6) is 5.75 Å². The maximum atomic E-state index is 12.7. The zero-order valence-electron chi connectivity index (χ0n) is 18.0. The third-order valence-electron chi connectivity index (χ3n) is 4.82. The van der Waals surface area contributed by atoms with E-state index in [0.29, 0.717) is 5.56 Å². The fourth-order valence-corrected chi connectivity index (χ4v) is 4.20. The number of pyridine rings is 1. The Hall–Kier alpha value is -3.59. The molecule has 3 aromatic rings. The largest absolute Gasteiger partial charge is 0.505 e. The lowest BCUT2D eigenvalue weighted by Crippen LogP contribution is -2.36. The molecule has 0 bridgehead atoms. The monoisotopic (exact) mass is 455 g/mol. The van der Waals surface area contributed by atoms with Crippen LogP contribution < -0.4 is 16.2 Å². The van der Waals surface area contributed by atoms with E-state index < -0.39 is 23.6 Å². The fraction of sp³-hybridized carbons (Fsp3) is 0.261. The van der Waals surface area contributed by atoms with Crippen molar-refractivity contribution in [3.8, 4) is 16.9 Å². The molecule has 9 heteroatoms. The van der Waals surface area contributed by atoms with E-state index in [0.717, 1.165) is 16.0 Å². The Balaban J connectivity index is 1.84. The van der Waals surface area contributed by atoms with Gasteiger partial charge in [-0.2, -0.15) is 0 Å². The minimum Gasteiger partial charge on any atom is -0.505 e. The third kappa shape index (κ3) is 5.36. The number of thiophene rings is 1. The predicted molar refractivity (Wildman–Crippen MR) is 124 cm³/mol. The van der Waals surface area contributed by atoms with Crippen molar-refractivity contribution in [1.29, 1.82) is 0 Å². The maximum Gasteiger partial charge on any atom is 0.320 e. The number of hydrogen-bond acceptors (Lipinski definition) is 6. The molecule has 0 spiro atoms. The number of urea groups is 1. The van der Waals surface area contributed by atoms with Crippen LogP contribution in [-0.4, -0.2) is 28.3 Å². The molecule has 0 unspecified atom stereocenters. The van der Waals surface area contributed by atoms with E-state index >= 15 is 0 Å². The van der Waals surface area contributed by atoms with Gasteiger partial charge in [-0.3, -0.25) is 9.59 Å². The summed E-state index contributed by atoms with van der Waals surface area (Å²) in [6, 6.07) is 10.3. The number of aromatic nitrogens is 1. The van der Waals surface area contributed by atoms with Crippen molar-refractivity contribution in [3.05, 3.63) is 68.8 Å². The Bertz CT molecular complexity index is 1170. The van der Waals surface area contributed by atoms with Crippen LogP contribution in [0.2, 0.25) is 0 Å². The highest BCUT2D eigenvalue weighted by molar-refractivity contribution is 7.10. The summed E-state index contributed by atoms with van der Waals surface area (Å²) in [4.78, 5) is 38.0. The van der Waals surface area contributed by atoms with Crippen LogP contribution in [0.4, 0.5) is 10.5 Å². The van der Waals surface area contributed by atoms with E-state index in [2.05, 4.69) is 10.6 Å². The van der Waals surface area contributed by atoms with E-state index in [9.17, 15) is 19.5 Å². The molecule has 168 valence electrons. The number of carbonyl (C=O) groups excluding carboxylic acids is 2. The van der Waals surface area contributed by atoms with Crippen LogP contribution in [0.25, 0.3) is 11.1 Å². The second kappa shape index (κ2) is 10.1. The van der Waals surface area contributed by atoms with E-state index in [1.54, 1.807) is 13.8 Å². The molecule has 2 aromatic heterocycles. The SMILES string of the molecule is CCOC(=O)C[C@H](NC(=O)Nc1c(O)c(C)cn(C)c1=O)c1cc(-c2ccccc2)cs1. The molecule has 0 aliphatic rings. The van der Waals surface area contributed by atoms with Crippen LogP contribution in [0.15, 0.2) is 52.8 Å². The van der Waals surface area contributed by atoms with Crippen molar-refractivity contribution >= 4 is 29.0 Å². The molecule has 3 N–H and O–H groups in total. The molecule has 0 aliphatic carbocycles. The second-order valence-electron chi connectivity index (χ2n) is 7.22. The van der Waals surface area contributed by atoms with Gasteiger partial charge in [0.15, 0.2) is 5.69 Å². The third-order valence-corrected chi connectivity index (χ3v) is 5.87. The summed E-state index contributed by atoms with van der Waals surface area (Å²) < 4.78 is 6.33. The lowest BCUT2D eigenvalue weighted by atomic mass is 10.1. The van der Waals surface area contributed by atoms with Crippen molar-refractivity contribution in [2.45, 2.75) is 26.3 Å². The number of esters is 1. The predicted octanol–water partition coefficient (Wildman–Crippen LogP) is 3.94. The molecule has 0 fully saturated rings. The summed E-state index contributed by atoms with van der Waals surface area (Å²) in [5.41, 5.74) is 1.65. The highest BCUT2D eigenvalue weighted by atomic mass is 32.1. The topological polar surface area (TPSA) is 110 Å². The quantitative estimate of drug-likeness (QED) is 0.468. The van der Waals surface area contributed by atoms with Crippen molar-refractivity contribution in [2.75, 3.05) is 11.9 Å². The molecule has 2 amide bonds. The van der Waals surface area contributed by atoms with Crippen LogP contribution in [-0.2, 0) is 16.6 Å². The number of rotatable bonds is 7. The average molecular weight is 456 g/mol. The summed E-state index contributed by atoms with van der Waals surface area (Å²) in [6.45, 7) is 3.56. The average Bonchev–Trinajstić information content (AvgIpc) is 3.26. The normalized spacial score (nSPS) is 11.6. The van der Waals surface area contributed by atoms with Crippen LogP contribution in [0, 0.1) is 6.92 Å². The minimum atomic E-state index is -0.716. The second-order valence-corrected chi connectivity index (χ2v) is 8.16.